The van der Waals surface area contributed by atoms with E-state index in [9.17, 15) is 22.8 Å². The van der Waals surface area contributed by atoms with Gasteiger partial charge in [0.25, 0.3) is 0 Å². The van der Waals surface area contributed by atoms with Crippen molar-refractivity contribution in [2.45, 2.75) is 63.6 Å². The third-order valence-electron chi connectivity index (χ3n) is 6.79. The van der Waals surface area contributed by atoms with Crippen LogP contribution in [0.25, 0.3) is 5.69 Å². The molecule has 0 aliphatic carbocycles. The van der Waals surface area contributed by atoms with Gasteiger partial charge in [0.1, 0.15) is 24.7 Å². The highest BCUT2D eigenvalue weighted by Crippen LogP contribution is 2.23. The molecule has 0 saturated carbocycles. The first-order valence-electron chi connectivity index (χ1n) is 13.6. The van der Waals surface area contributed by atoms with Crippen molar-refractivity contribution < 1.29 is 22.8 Å². The van der Waals surface area contributed by atoms with Crippen LogP contribution in [0.3, 0.4) is 0 Å². The molecule has 0 bridgehead atoms. The number of likely N-dealkylation sites (tertiary alicyclic amines) is 1. The molecule has 0 spiro atoms. The number of rotatable bonds is 11. The highest BCUT2D eigenvalue weighted by molar-refractivity contribution is 7.89. The van der Waals surface area contributed by atoms with E-state index in [0.29, 0.717) is 41.3 Å². The van der Waals surface area contributed by atoms with Crippen LogP contribution >= 0.6 is 11.6 Å². The Balaban J connectivity index is 1.47. The van der Waals surface area contributed by atoms with Crippen LogP contribution in [0.15, 0.2) is 60.0 Å². The second-order valence-corrected chi connectivity index (χ2v) is 12.7. The Hall–Kier alpha value is -3.81. The molecule has 3 amide bonds. The Morgan fingerprint density at radius 2 is 1.86 bits per heavy atom. The number of amides is 3. The molecule has 0 unspecified atom stereocenters. The Morgan fingerprint density at radius 1 is 1.12 bits per heavy atom. The topological polar surface area (TPSA) is 155 Å². The predicted molar refractivity (Wildman–Crippen MR) is 157 cm³/mol. The Morgan fingerprint density at radius 3 is 2.50 bits per heavy atom. The molecule has 3 aromatic rings. The van der Waals surface area contributed by atoms with Crippen molar-refractivity contribution in [3.05, 3.63) is 65.7 Å². The van der Waals surface area contributed by atoms with Gasteiger partial charge in [0.2, 0.25) is 27.7 Å². The standard InChI is InChI=1S/C28H34ClN7O5S/c1-18(2)13-24(34-42(40,41)23-9-7-22(8-10-23)33-19(3)37)28(39)35-12-4-5-26(35)27(38)31-15-20-14-21(29)6-11-25(20)36-17-30-16-32-36/h6-11,14,16-18,24,26,34H,4-5,12-13,15H2,1-3H3,(H,31,38)(H,33,37)/t24-,26-/m0/s1. The number of anilines is 1. The van der Waals surface area contributed by atoms with Gasteiger partial charge >= 0.3 is 0 Å². The van der Waals surface area contributed by atoms with Gasteiger partial charge in [0.15, 0.2) is 0 Å². The van der Waals surface area contributed by atoms with Crippen molar-refractivity contribution in [2.75, 3.05) is 11.9 Å². The molecule has 4 rings (SSSR count). The molecule has 1 aliphatic rings. The molecule has 2 aromatic carbocycles. The summed E-state index contributed by atoms with van der Waals surface area (Å²) in [5.74, 6) is -1.08. The lowest BCUT2D eigenvalue weighted by Gasteiger charge is -2.29. The van der Waals surface area contributed by atoms with E-state index in [-0.39, 0.29) is 35.6 Å². The van der Waals surface area contributed by atoms with Gasteiger partial charge < -0.3 is 15.5 Å². The maximum absolute atomic E-state index is 13.7. The Bertz CT molecular complexity index is 1530. The number of benzene rings is 2. The maximum Gasteiger partial charge on any atom is 0.243 e. The molecule has 3 N–H and O–H groups in total. The number of carbonyl (C=O) groups is 3. The molecule has 12 nitrogen and oxygen atoms in total. The predicted octanol–water partition coefficient (Wildman–Crippen LogP) is 2.88. The second kappa shape index (κ2) is 13.4. The third-order valence-corrected chi connectivity index (χ3v) is 8.51. The SMILES string of the molecule is CC(=O)Nc1ccc(S(=O)(=O)N[C@@H](CC(C)C)C(=O)N2CCC[C@H]2C(=O)NCc2cc(Cl)ccc2-n2cncn2)cc1. The average Bonchev–Trinajstić information content (AvgIpc) is 3.63. The minimum Gasteiger partial charge on any atom is -0.350 e. The zero-order chi connectivity index (χ0) is 30.4. The smallest absolute Gasteiger partial charge is 0.243 e. The molecule has 1 saturated heterocycles. The maximum atomic E-state index is 13.7. The summed E-state index contributed by atoms with van der Waals surface area (Å²) in [5.41, 5.74) is 1.87. The van der Waals surface area contributed by atoms with Gasteiger partial charge in [-0.2, -0.15) is 9.82 Å². The summed E-state index contributed by atoms with van der Waals surface area (Å²) in [6.07, 6.45) is 4.25. The molecular weight excluding hydrogens is 582 g/mol. The van der Waals surface area contributed by atoms with E-state index in [2.05, 4.69) is 25.4 Å². The van der Waals surface area contributed by atoms with Gasteiger partial charge in [-0.15, -0.1) is 0 Å². The summed E-state index contributed by atoms with van der Waals surface area (Å²) in [6, 6.07) is 9.09. The number of nitrogens with one attached hydrogen (secondary N) is 3. The molecule has 1 fully saturated rings. The summed E-state index contributed by atoms with van der Waals surface area (Å²) >= 11 is 6.20. The van der Waals surface area contributed by atoms with Gasteiger partial charge in [0, 0.05) is 30.7 Å². The third kappa shape index (κ3) is 7.72. The minimum atomic E-state index is -4.08. The molecule has 14 heteroatoms. The molecule has 42 heavy (non-hydrogen) atoms. The first-order valence-corrected chi connectivity index (χ1v) is 15.4. The van der Waals surface area contributed by atoms with E-state index < -0.39 is 28.0 Å². The van der Waals surface area contributed by atoms with Crippen LogP contribution in [0.5, 0.6) is 0 Å². The van der Waals surface area contributed by atoms with Crippen molar-refractivity contribution >= 4 is 45.0 Å². The Kier molecular flexibility index (Phi) is 9.97. The van der Waals surface area contributed by atoms with E-state index in [1.165, 1.54) is 42.4 Å². The van der Waals surface area contributed by atoms with Crippen LogP contribution < -0.4 is 15.4 Å². The largest absolute Gasteiger partial charge is 0.350 e. The summed E-state index contributed by atoms with van der Waals surface area (Å²) in [5, 5.41) is 10.1. The fraction of sp³-hybridized carbons (Fsp3) is 0.393. The van der Waals surface area contributed by atoms with Crippen LogP contribution in [0.1, 0.15) is 45.6 Å². The molecule has 2 atom stereocenters. The number of carbonyl (C=O) groups excluding carboxylic acids is 3. The van der Waals surface area contributed by atoms with Crippen LogP contribution in [0.2, 0.25) is 5.02 Å². The van der Waals surface area contributed by atoms with E-state index in [4.69, 9.17) is 11.6 Å². The summed E-state index contributed by atoms with van der Waals surface area (Å²) in [4.78, 5) is 43.7. The molecule has 1 aromatic heterocycles. The van der Waals surface area contributed by atoms with Crippen molar-refractivity contribution in [3.63, 3.8) is 0 Å². The minimum absolute atomic E-state index is 0.00305. The van der Waals surface area contributed by atoms with Crippen molar-refractivity contribution in [1.29, 1.82) is 0 Å². The van der Waals surface area contributed by atoms with Crippen LogP contribution in [0.4, 0.5) is 5.69 Å². The summed E-state index contributed by atoms with van der Waals surface area (Å²) < 4.78 is 30.6. The first kappa shape index (κ1) is 31.1. The molecule has 224 valence electrons. The summed E-state index contributed by atoms with van der Waals surface area (Å²) in [7, 11) is -4.08. The van der Waals surface area contributed by atoms with Crippen molar-refractivity contribution in [3.8, 4) is 5.69 Å². The number of hydrogen-bond donors (Lipinski definition) is 3. The van der Waals surface area contributed by atoms with E-state index in [1.54, 1.807) is 29.2 Å². The zero-order valence-electron chi connectivity index (χ0n) is 23.6. The quantitative estimate of drug-likeness (QED) is 0.299. The lowest BCUT2D eigenvalue weighted by Crippen LogP contribution is -2.53. The summed E-state index contributed by atoms with van der Waals surface area (Å²) in [6.45, 7) is 5.61. The number of hydrogen-bond acceptors (Lipinski definition) is 7. The number of sulfonamides is 1. The van der Waals surface area contributed by atoms with E-state index >= 15 is 0 Å². The van der Waals surface area contributed by atoms with E-state index in [0.717, 1.165) is 0 Å². The average molecular weight is 616 g/mol. The zero-order valence-corrected chi connectivity index (χ0v) is 25.2. The van der Waals surface area contributed by atoms with Gasteiger partial charge in [0.05, 0.1) is 10.6 Å². The number of nitrogens with zero attached hydrogens (tertiary/aromatic N) is 4. The molecular formula is C28H34ClN7O5S. The molecule has 0 radical (unpaired) electrons. The molecule has 2 heterocycles. The van der Waals surface area contributed by atoms with Crippen molar-refractivity contribution in [1.82, 2.24) is 29.7 Å². The van der Waals surface area contributed by atoms with Gasteiger partial charge in [-0.05, 0) is 73.2 Å². The van der Waals surface area contributed by atoms with Gasteiger partial charge in [-0.3, -0.25) is 14.4 Å². The second-order valence-electron chi connectivity index (χ2n) is 10.5. The highest BCUT2D eigenvalue weighted by atomic mass is 35.5. The lowest BCUT2D eigenvalue weighted by molar-refractivity contribution is -0.140. The monoisotopic (exact) mass is 615 g/mol. The number of halogens is 1. The van der Waals surface area contributed by atoms with Gasteiger partial charge in [-0.25, -0.2) is 18.1 Å². The molecule has 1 aliphatic heterocycles. The van der Waals surface area contributed by atoms with Crippen molar-refractivity contribution in [2.24, 2.45) is 5.92 Å². The normalized spacial score (nSPS) is 15.9. The lowest BCUT2D eigenvalue weighted by atomic mass is 10.0. The first-order chi connectivity index (χ1) is 19.9. The van der Waals surface area contributed by atoms with Crippen LogP contribution in [0, 0.1) is 5.92 Å². The fourth-order valence-corrected chi connectivity index (χ4v) is 6.30. The van der Waals surface area contributed by atoms with Gasteiger partial charge in [-0.1, -0.05) is 25.4 Å². The Labute approximate surface area is 249 Å². The van der Waals surface area contributed by atoms with Crippen LogP contribution in [-0.2, 0) is 31.0 Å². The van der Waals surface area contributed by atoms with Crippen LogP contribution in [-0.4, -0.2) is 64.4 Å². The van der Waals surface area contributed by atoms with E-state index in [1.807, 2.05) is 13.8 Å². The number of aromatic nitrogens is 3. The highest BCUT2D eigenvalue weighted by Gasteiger charge is 2.38. The fourth-order valence-electron chi connectivity index (χ4n) is 4.90.